The minimum atomic E-state index is -1.15. The Labute approximate surface area is 71.9 Å². The van der Waals surface area contributed by atoms with Crippen molar-refractivity contribution in [2.75, 3.05) is 0 Å². The Balaban J connectivity index is 3.30. The van der Waals surface area contributed by atoms with Crippen LogP contribution < -0.4 is 0 Å². The molecule has 11 heavy (non-hydrogen) atoms. The van der Waals surface area contributed by atoms with Crippen LogP contribution in [0.5, 0.6) is 0 Å². The molecule has 0 atom stereocenters. The first-order valence-corrected chi connectivity index (χ1v) is 3.38. The SMILES string of the molecule is O=C(O)c1cc(Cl)[nH]c(=S)n1. The number of nitrogens with one attached hydrogen (secondary N) is 1. The number of carbonyl (C=O) groups is 1. The Morgan fingerprint density at radius 2 is 2.45 bits per heavy atom. The monoisotopic (exact) mass is 190 g/mol. The van der Waals surface area contributed by atoms with Crippen LogP contribution in [-0.4, -0.2) is 21.0 Å². The van der Waals surface area contributed by atoms with Gasteiger partial charge in [-0.3, -0.25) is 0 Å². The van der Waals surface area contributed by atoms with Crippen molar-refractivity contribution >= 4 is 29.8 Å². The zero-order chi connectivity index (χ0) is 8.43. The first-order valence-electron chi connectivity index (χ1n) is 2.60. The molecule has 6 heteroatoms. The summed E-state index contributed by atoms with van der Waals surface area (Å²) < 4.78 is 0.0647. The number of H-pyrrole nitrogens is 1. The van der Waals surface area contributed by atoms with Gasteiger partial charge in [-0.1, -0.05) is 11.6 Å². The summed E-state index contributed by atoms with van der Waals surface area (Å²) in [7, 11) is 0. The second kappa shape index (κ2) is 2.98. The lowest BCUT2D eigenvalue weighted by Crippen LogP contribution is -2.00. The third kappa shape index (κ3) is 1.99. The Bertz CT molecular complexity index is 349. The summed E-state index contributed by atoms with van der Waals surface area (Å²) in [6.45, 7) is 0. The fourth-order valence-corrected chi connectivity index (χ4v) is 0.995. The summed E-state index contributed by atoms with van der Waals surface area (Å²) in [4.78, 5) is 16.3. The number of aromatic nitrogens is 2. The first-order chi connectivity index (χ1) is 5.09. The molecule has 58 valence electrons. The van der Waals surface area contributed by atoms with E-state index in [1.54, 1.807) is 0 Å². The highest BCUT2D eigenvalue weighted by Crippen LogP contribution is 2.04. The molecule has 4 nitrogen and oxygen atoms in total. The van der Waals surface area contributed by atoms with Gasteiger partial charge in [-0.15, -0.1) is 0 Å². The van der Waals surface area contributed by atoms with Crippen molar-refractivity contribution in [3.8, 4) is 0 Å². The van der Waals surface area contributed by atoms with Crippen molar-refractivity contribution in [2.24, 2.45) is 0 Å². The zero-order valence-electron chi connectivity index (χ0n) is 5.17. The molecule has 0 radical (unpaired) electrons. The Morgan fingerprint density at radius 1 is 1.82 bits per heavy atom. The molecule has 0 aromatic carbocycles. The van der Waals surface area contributed by atoms with Crippen molar-refractivity contribution in [1.29, 1.82) is 0 Å². The standard InChI is InChI=1S/C5H3ClN2O2S/c6-3-1-2(4(9)10)7-5(11)8-3/h1H,(H,9,10)(H,7,8,11). The van der Waals surface area contributed by atoms with Crippen molar-refractivity contribution in [2.45, 2.75) is 0 Å². The zero-order valence-corrected chi connectivity index (χ0v) is 6.74. The maximum Gasteiger partial charge on any atom is 0.354 e. The number of rotatable bonds is 1. The number of hydrogen-bond acceptors (Lipinski definition) is 3. The van der Waals surface area contributed by atoms with Gasteiger partial charge in [0.25, 0.3) is 0 Å². The van der Waals surface area contributed by atoms with E-state index in [1.807, 2.05) is 0 Å². The molecule has 0 saturated carbocycles. The highest BCUT2D eigenvalue weighted by atomic mass is 35.5. The van der Waals surface area contributed by atoms with Crippen LogP contribution in [0, 0.1) is 4.77 Å². The molecule has 0 amide bonds. The first kappa shape index (κ1) is 8.16. The van der Waals surface area contributed by atoms with Gasteiger partial charge in [0.2, 0.25) is 0 Å². The van der Waals surface area contributed by atoms with Crippen LogP contribution in [0.25, 0.3) is 0 Å². The molecular formula is C5H3ClN2O2S. The molecule has 0 bridgehead atoms. The van der Waals surface area contributed by atoms with E-state index in [0.29, 0.717) is 0 Å². The number of carboxylic acid groups (broad SMARTS) is 1. The highest BCUT2D eigenvalue weighted by molar-refractivity contribution is 7.71. The lowest BCUT2D eigenvalue weighted by atomic mass is 10.4. The molecule has 0 fully saturated rings. The van der Waals surface area contributed by atoms with Gasteiger partial charge in [0, 0.05) is 6.07 Å². The van der Waals surface area contributed by atoms with E-state index in [0.717, 1.165) is 0 Å². The van der Waals surface area contributed by atoms with E-state index >= 15 is 0 Å². The second-order valence-corrected chi connectivity index (χ2v) is 2.52. The lowest BCUT2D eigenvalue weighted by Gasteiger charge is -1.93. The Kier molecular flexibility index (Phi) is 2.21. The molecule has 1 heterocycles. The van der Waals surface area contributed by atoms with E-state index in [4.69, 9.17) is 16.7 Å². The molecule has 0 saturated heterocycles. The summed E-state index contributed by atoms with van der Waals surface area (Å²) >= 11 is 10.1. The minimum absolute atomic E-state index is 0.0647. The van der Waals surface area contributed by atoms with Crippen LogP contribution in [0.15, 0.2) is 6.07 Å². The van der Waals surface area contributed by atoms with E-state index < -0.39 is 5.97 Å². The number of halogens is 1. The van der Waals surface area contributed by atoms with Crippen molar-refractivity contribution < 1.29 is 9.90 Å². The number of carboxylic acids is 1. The van der Waals surface area contributed by atoms with E-state index in [2.05, 4.69) is 22.2 Å². The second-order valence-electron chi connectivity index (χ2n) is 1.72. The average Bonchev–Trinajstić information content (AvgIpc) is 1.85. The number of aromatic carboxylic acids is 1. The van der Waals surface area contributed by atoms with Gasteiger partial charge in [-0.2, -0.15) is 0 Å². The fraction of sp³-hybridized carbons (Fsp3) is 0. The molecule has 0 aliphatic heterocycles. The number of nitrogens with zero attached hydrogens (tertiary/aromatic N) is 1. The largest absolute Gasteiger partial charge is 0.477 e. The summed E-state index contributed by atoms with van der Waals surface area (Å²) in [6, 6.07) is 1.19. The topological polar surface area (TPSA) is 66.0 Å². The van der Waals surface area contributed by atoms with Gasteiger partial charge < -0.3 is 10.1 Å². The number of hydrogen-bond donors (Lipinski definition) is 2. The molecule has 0 spiro atoms. The van der Waals surface area contributed by atoms with Gasteiger partial charge >= 0.3 is 5.97 Å². The van der Waals surface area contributed by atoms with Crippen LogP contribution in [-0.2, 0) is 0 Å². The Hall–Kier alpha value is -0.940. The molecule has 1 aromatic heterocycles. The van der Waals surface area contributed by atoms with Crippen LogP contribution in [0.2, 0.25) is 5.15 Å². The lowest BCUT2D eigenvalue weighted by molar-refractivity contribution is 0.0690. The smallest absolute Gasteiger partial charge is 0.354 e. The molecule has 1 aromatic rings. The minimum Gasteiger partial charge on any atom is -0.477 e. The summed E-state index contributed by atoms with van der Waals surface area (Å²) in [5.41, 5.74) is -0.154. The van der Waals surface area contributed by atoms with Crippen LogP contribution in [0.3, 0.4) is 0 Å². The molecule has 0 unspecified atom stereocenters. The molecule has 0 aliphatic rings. The van der Waals surface area contributed by atoms with Gasteiger partial charge in [-0.05, 0) is 12.2 Å². The van der Waals surface area contributed by atoms with E-state index in [9.17, 15) is 4.79 Å². The van der Waals surface area contributed by atoms with Crippen molar-refractivity contribution in [3.63, 3.8) is 0 Å². The summed E-state index contributed by atoms with van der Waals surface area (Å²) in [5.74, 6) is -1.15. The van der Waals surface area contributed by atoms with Gasteiger partial charge in [0.15, 0.2) is 10.5 Å². The summed E-state index contributed by atoms with van der Waals surface area (Å²) in [6.07, 6.45) is 0. The maximum absolute atomic E-state index is 10.3. The van der Waals surface area contributed by atoms with Crippen LogP contribution >= 0.6 is 23.8 Å². The van der Waals surface area contributed by atoms with E-state index in [1.165, 1.54) is 6.07 Å². The predicted molar refractivity (Wildman–Crippen MR) is 41.4 cm³/mol. The van der Waals surface area contributed by atoms with Crippen molar-refractivity contribution in [1.82, 2.24) is 9.97 Å². The fourth-order valence-electron chi connectivity index (χ4n) is 0.537. The Morgan fingerprint density at radius 3 is 2.91 bits per heavy atom. The quantitative estimate of drug-likeness (QED) is 0.520. The molecular weight excluding hydrogens is 188 g/mol. The van der Waals surface area contributed by atoms with Crippen molar-refractivity contribution in [3.05, 3.63) is 21.7 Å². The van der Waals surface area contributed by atoms with Gasteiger partial charge in [0.05, 0.1) is 0 Å². The number of aromatic amines is 1. The molecule has 0 aliphatic carbocycles. The highest BCUT2D eigenvalue weighted by Gasteiger charge is 2.04. The predicted octanol–water partition coefficient (Wildman–Crippen LogP) is 1.49. The average molecular weight is 191 g/mol. The molecule has 2 N–H and O–H groups in total. The van der Waals surface area contributed by atoms with Gasteiger partial charge in [0.1, 0.15) is 5.15 Å². The maximum atomic E-state index is 10.3. The third-order valence-electron chi connectivity index (χ3n) is 0.931. The van der Waals surface area contributed by atoms with E-state index in [-0.39, 0.29) is 15.6 Å². The third-order valence-corrected chi connectivity index (χ3v) is 1.33. The summed E-state index contributed by atoms with van der Waals surface area (Å²) in [5, 5.41) is 8.62. The normalized spacial score (nSPS) is 9.55. The van der Waals surface area contributed by atoms with Gasteiger partial charge in [-0.25, -0.2) is 9.78 Å². The van der Waals surface area contributed by atoms with Crippen LogP contribution in [0.4, 0.5) is 0 Å². The van der Waals surface area contributed by atoms with Crippen LogP contribution in [0.1, 0.15) is 10.5 Å². The molecule has 1 rings (SSSR count).